The number of benzene rings is 1. The molecule has 4 nitrogen and oxygen atoms in total. The maximum atomic E-state index is 12.6. The van der Waals surface area contributed by atoms with Gasteiger partial charge in [0.2, 0.25) is 10.0 Å². The van der Waals surface area contributed by atoms with Gasteiger partial charge in [-0.1, -0.05) is 13.8 Å². The number of nitrogens with zero attached hydrogens (tertiary/aromatic N) is 1. The molecule has 1 aromatic rings. The summed E-state index contributed by atoms with van der Waals surface area (Å²) in [5.41, 5.74) is 0.0533. The lowest BCUT2D eigenvalue weighted by Crippen LogP contribution is -2.30. The van der Waals surface area contributed by atoms with E-state index in [4.69, 9.17) is 16.3 Å². The molecule has 1 fully saturated rings. The van der Waals surface area contributed by atoms with Gasteiger partial charge in [-0.3, -0.25) is 0 Å². The molecule has 0 aliphatic carbocycles. The van der Waals surface area contributed by atoms with Crippen LogP contribution in [0.2, 0.25) is 0 Å². The van der Waals surface area contributed by atoms with Gasteiger partial charge in [-0.25, -0.2) is 8.42 Å². The van der Waals surface area contributed by atoms with Crippen molar-refractivity contribution in [2.45, 2.75) is 31.6 Å². The fraction of sp³-hybridized carbons (Fsp3) is 0.600. The van der Waals surface area contributed by atoms with E-state index < -0.39 is 10.0 Å². The highest BCUT2D eigenvalue weighted by atomic mass is 35.5. The van der Waals surface area contributed by atoms with Crippen molar-refractivity contribution in [3.63, 3.8) is 0 Å². The summed E-state index contributed by atoms with van der Waals surface area (Å²) in [6.45, 7) is 5.88. The second-order valence-corrected chi connectivity index (χ2v) is 8.43. The first-order valence-electron chi connectivity index (χ1n) is 7.14. The van der Waals surface area contributed by atoms with Crippen molar-refractivity contribution in [2.24, 2.45) is 5.41 Å². The molecule has 0 bridgehead atoms. The van der Waals surface area contributed by atoms with E-state index in [0.717, 1.165) is 12.8 Å². The molecule has 0 saturated carbocycles. The van der Waals surface area contributed by atoms with Crippen LogP contribution in [0.25, 0.3) is 0 Å². The number of sulfonamides is 1. The summed E-state index contributed by atoms with van der Waals surface area (Å²) in [4.78, 5) is 0.324. The molecule has 1 aromatic carbocycles. The summed E-state index contributed by atoms with van der Waals surface area (Å²) in [7, 11) is -3.40. The average Bonchev–Trinajstić information content (AvgIpc) is 2.81. The summed E-state index contributed by atoms with van der Waals surface area (Å²) in [6, 6.07) is 6.61. The van der Waals surface area contributed by atoms with Crippen LogP contribution in [0, 0.1) is 5.41 Å². The van der Waals surface area contributed by atoms with E-state index in [1.807, 2.05) is 0 Å². The number of hydrogen-bond donors (Lipinski definition) is 0. The third kappa shape index (κ3) is 4.11. The van der Waals surface area contributed by atoms with Gasteiger partial charge < -0.3 is 4.74 Å². The van der Waals surface area contributed by atoms with E-state index in [1.54, 1.807) is 28.6 Å². The van der Waals surface area contributed by atoms with Gasteiger partial charge in [-0.05, 0) is 42.5 Å². The molecule has 1 aliphatic rings. The highest BCUT2D eigenvalue weighted by Crippen LogP contribution is 2.33. The topological polar surface area (TPSA) is 46.6 Å². The number of halogens is 1. The highest BCUT2D eigenvalue weighted by Gasteiger charge is 2.36. The SMILES string of the molecule is CC1(C)CCN(S(=O)(=O)c2ccc(OCCCCl)cc2)C1. The molecule has 0 amide bonds. The second kappa shape index (κ2) is 6.55. The van der Waals surface area contributed by atoms with Gasteiger partial charge in [0.05, 0.1) is 11.5 Å². The third-order valence-electron chi connectivity index (χ3n) is 3.65. The molecule has 1 saturated heterocycles. The Labute approximate surface area is 132 Å². The van der Waals surface area contributed by atoms with Gasteiger partial charge in [0.1, 0.15) is 5.75 Å². The maximum absolute atomic E-state index is 12.6. The number of alkyl halides is 1. The number of ether oxygens (including phenoxy) is 1. The van der Waals surface area contributed by atoms with Gasteiger partial charge in [0, 0.05) is 19.0 Å². The molecular weight excluding hydrogens is 310 g/mol. The van der Waals surface area contributed by atoms with E-state index in [-0.39, 0.29) is 5.41 Å². The van der Waals surface area contributed by atoms with Crippen LogP contribution >= 0.6 is 11.6 Å². The average molecular weight is 332 g/mol. The van der Waals surface area contributed by atoms with Crippen molar-refractivity contribution in [3.8, 4) is 5.75 Å². The van der Waals surface area contributed by atoms with Crippen molar-refractivity contribution >= 4 is 21.6 Å². The monoisotopic (exact) mass is 331 g/mol. The lowest BCUT2D eigenvalue weighted by molar-refractivity contribution is 0.318. The fourth-order valence-electron chi connectivity index (χ4n) is 2.37. The highest BCUT2D eigenvalue weighted by molar-refractivity contribution is 7.89. The minimum atomic E-state index is -3.40. The molecule has 1 aliphatic heterocycles. The summed E-state index contributed by atoms with van der Waals surface area (Å²) >= 11 is 5.58. The van der Waals surface area contributed by atoms with E-state index >= 15 is 0 Å². The van der Waals surface area contributed by atoms with Crippen LogP contribution in [-0.4, -0.2) is 38.3 Å². The Morgan fingerprint density at radius 3 is 2.48 bits per heavy atom. The minimum absolute atomic E-state index is 0.0533. The fourth-order valence-corrected chi connectivity index (χ4v) is 4.11. The van der Waals surface area contributed by atoms with Gasteiger partial charge in [0.15, 0.2) is 0 Å². The van der Waals surface area contributed by atoms with Crippen LogP contribution in [0.4, 0.5) is 0 Å². The molecule has 0 atom stereocenters. The van der Waals surface area contributed by atoms with Crippen molar-refractivity contribution in [3.05, 3.63) is 24.3 Å². The van der Waals surface area contributed by atoms with Crippen LogP contribution in [0.1, 0.15) is 26.7 Å². The number of hydrogen-bond acceptors (Lipinski definition) is 3. The molecule has 0 spiro atoms. The first-order valence-corrected chi connectivity index (χ1v) is 9.12. The van der Waals surface area contributed by atoms with Crippen molar-refractivity contribution in [1.29, 1.82) is 0 Å². The Hall–Kier alpha value is -0.780. The zero-order valence-electron chi connectivity index (χ0n) is 12.5. The largest absolute Gasteiger partial charge is 0.494 e. The molecule has 1 heterocycles. The Morgan fingerprint density at radius 2 is 1.95 bits per heavy atom. The van der Waals surface area contributed by atoms with Crippen molar-refractivity contribution < 1.29 is 13.2 Å². The quantitative estimate of drug-likeness (QED) is 0.594. The molecule has 0 radical (unpaired) electrons. The van der Waals surface area contributed by atoms with Gasteiger partial charge in [-0.15, -0.1) is 11.6 Å². The molecule has 0 unspecified atom stereocenters. The van der Waals surface area contributed by atoms with E-state index in [9.17, 15) is 8.42 Å². The predicted molar refractivity (Wildman–Crippen MR) is 84.4 cm³/mol. The van der Waals surface area contributed by atoms with E-state index in [1.165, 1.54) is 0 Å². The second-order valence-electron chi connectivity index (χ2n) is 6.12. The Morgan fingerprint density at radius 1 is 1.29 bits per heavy atom. The molecule has 6 heteroatoms. The van der Waals surface area contributed by atoms with Crippen molar-refractivity contribution in [2.75, 3.05) is 25.6 Å². The van der Waals surface area contributed by atoms with Crippen LogP contribution in [0.15, 0.2) is 29.2 Å². The minimum Gasteiger partial charge on any atom is -0.494 e. The van der Waals surface area contributed by atoms with Crippen molar-refractivity contribution in [1.82, 2.24) is 4.31 Å². The lowest BCUT2D eigenvalue weighted by Gasteiger charge is -2.19. The normalized spacial score (nSPS) is 18.8. The molecule has 0 aromatic heterocycles. The predicted octanol–water partition coefficient (Wildman–Crippen LogP) is 3.11. The van der Waals surface area contributed by atoms with Gasteiger partial charge in [0.25, 0.3) is 0 Å². The molecule has 2 rings (SSSR count). The zero-order valence-corrected chi connectivity index (χ0v) is 14.1. The molecule has 21 heavy (non-hydrogen) atoms. The third-order valence-corrected chi connectivity index (χ3v) is 5.78. The van der Waals surface area contributed by atoms with Crippen LogP contribution in [-0.2, 0) is 10.0 Å². The summed E-state index contributed by atoms with van der Waals surface area (Å²) in [6.07, 6.45) is 1.66. The van der Waals surface area contributed by atoms with E-state index in [0.29, 0.717) is 36.2 Å². The number of rotatable bonds is 6. The smallest absolute Gasteiger partial charge is 0.243 e. The van der Waals surface area contributed by atoms with Crippen LogP contribution in [0.3, 0.4) is 0 Å². The molecule has 0 N–H and O–H groups in total. The first kappa shape index (κ1) is 16.6. The maximum Gasteiger partial charge on any atom is 0.243 e. The Balaban J connectivity index is 2.07. The summed E-state index contributed by atoms with van der Waals surface area (Å²) in [5.74, 6) is 1.22. The zero-order chi connectivity index (χ0) is 15.5. The summed E-state index contributed by atoms with van der Waals surface area (Å²) < 4.78 is 32.2. The van der Waals surface area contributed by atoms with E-state index in [2.05, 4.69) is 13.8 Å². The first-order chi connectivity index (χ1) is 9.85. The standard InChI is InChI=1S/C15H22ClNO3S/c1-15(2)8-10-17(12-15)21(18,19)14-6-4-13(5-7-14)20-11-3-9-16/h4-7H,3,8-12H2,1-2H3. The van der Waals surface area contributed by atoms with Crippen LogP contribution < -0.4 is 4.74 Å². The lowest BCUT2D eigenvalue weighted by atomic mass is 9.93. The van der Waals surface area contributed by atoms with Gasteiger partial charge in [-0.2, -0.15) is 4.31 Å². The molecular formula is C15H22ClNO3S. The molecule has 118 valence electrons. The van der Waals surface area contributed by atoms with Crippen LogP contribution in [0.5, 0.6) is 5.75 Å². The Bertz CT molecular complexity index is 569. The summed E-state index contributed by atoms with van der Waals surface area (Å²) in [5, 5.41) is 0. The Kier molecular flexibility index (Phi) is 5.17. The van der Waals surface area contributed by atoms with Gasteiger partial charge >= 0.3 is 0 Å².